The molecule has 0 rings (SSSR count). The summed E-state index contributed by atoms with van der Waals surface area (Å²) in [6.07, 6.45) is 15.5. The van der Waals surface area contributed by atoms with Gasteiger partial charge in [-0.1, -0.05) is 85.0 Å². The molecule has 0 heterocycles. The van der Waals surface area contributed by atoms with Gasteiger partial charge in [0.05, 0.1) is 6.61 Å². The molecular weight excluding hydrogens is 286 g/mol. The number of unbranched alkanes of at least 4 members (excludes halogenated alkanes) is 10. The summed E-state index contributed by atoms with van der Waals surface area (Å²) in [4.78, 5) is 14.2. The minimum Gasteiger partial charge on any atom is -0.449 e. The van der Waals surface area contributed by atoms with Crippen molar-refractivity contribution in [2.24, 2.45) is 0 Å². The van der Waals surface area contributed by atoms with Crippen molar-refractivity contribution in [3.8, 4) is 0 Å². The Morgan fingerprint density at radius 3 is 1.57 bits per heavy atom. The zero-order valence-corrected chi connectivity index (χ0v) is 16.1. The van der Waals surface area contributed by atoms with Crippen molar-refractivity contribution in [1.29, 1.82) is 0 Å². The van der Waals surface area contributed by atoms with Crippen molar-refractivity contribution in [2.75, 3.05) is 19.7 Å². The van der Waals surface area contributed by atoms with Crippen molar-refractivity contribution in [2.45, 2.75) is 104 Å². The van der Waals surface area contributed by atoms with Gasteiger partial charge in [0.2, 0.25) is 0 Å². The van der Waals surface area contributed by atoms with Gasteiger partial charge in [0.25, 0.3) is 0 Å². The predicted octanol–water partition coefficient (Wildman–Crippen LogP) is 6.56. The molecule has 1 amide bonds. The molecule has 0 aliphatic carbocycles. The third-order valence-corrected chi connectivity index (χ3v) is 4.29. The largest absolute Gasteiger partial charge is 0.449 e. The van der Waals surface area contributed by atoms with Gasteiger partial charge in [-0.3, -0.25) is 0 Å². The van der Waals surface area contributed by atoms with Gasteiger partial charge in [0.1, 0.15) is 0 Å². The molecule has 0 aromatic heterocycles. The van der Waals surface area contributed by atoms with Gasteiger partial charge in [-0.25, -0.2) is 4.79 Å². The van der Waals surface area contributed by atoms with Crippen LogP contribution in [0.2, 0.25) is 0 Å². The topological polar surface area (TPSA) is 29.5 Å². The maximum absolute atomic E-state index is 12.3. The number of rotatable bonds is 16. The van der Waals surface area contributed by atoms with E-state index in [0.29, 0.717) is 6.61 Å². The molecule has 0 radical (unpaired) electrons. The normalized spacial score (nSPS) is 10.7. The molecule has 0 saturated carbocycles. The van der Waals surface area contributed by atoms with Crippen molar-refractivity contribution in [3.63, 3.8) is 0 Å². The second kappa shape index (κ2) is 17.6. The van der Waals surface area contributed by atoms with Crippen LogP contribution < -0.4 is 0 Å². The lowest BCUT2D eigenvalue weighted by molar-refractivity contribution is 0.0990. The number of ether oxygens (including phenoxy) is 1. The molecule has 0 unspecified atom stereocenters. The van der Waals surface area contributed by atoms with Gasteiger partial charge in [-0.15, -0.1) is 0 Å². The van der Waals surface area contributed by atoms with Crippen molar-refractivity contribution in [3.05, 3.63) is 0 Å². The van der Waals surface area contributed by atoms with E-state index >= 15 is 0 Å². The van der Waals surface area contributed by atoms with E-state index in [9.17, 15) is 4.79 Å². The zero-order chi connectivity index (χ0) is 17.2. The van der Waals surface area contributed by atoms with E-state index in [1.807, 2.05) is 4.90 Å². The fourth-order valence-corrected chi connectivity index (χ4v) is 2.71. The van der Waals surface area contributed by atoms with E-state index in [1.54, 1.807) is 0 Å². The van der Waals surface area contributed by atoms with Crippen LogP contribution in [-0.2, 0) is 4.74 Å². The first-order valence-electron chi connectivity index (χ1n) is 10.2. The van der Waals surface area contributed by atoms with Crippen LogP contribution in [0.1, 0.15) is 104 Å². The Morgan fingerprint density at radius 1 is 0.652 bits per heavy atom. The molecule has 0 aliphatic rings. The van der Waals surface area contributed by atoms with Crippen LogP contribution in [0.3, 0.4) is 0 Å². The summed E-state index contributed by atoms with van der Waals surface area (Å²) in [5, 5.41) is 0. The van der Waals surface area contributed by atoms with Crippen LogP contribution >= 0.6 is 0 Å². The number of carbonyl (C=O) groups excluding carboxylic acids is 1. The maximum Gasteiger partial charge on any atom is 0.409 e. The third-order valence-electron chi connectivity index (χ3n) is 4.29. The molecule has 3 nitrogen and oxygen atoms in total. The summed E-state index contributed by atoms with van der Waals surface area (Å²) >= 11 is 0. The minimum atomic E-state index is -0.0894. The Bertz CT molecular complexity index is 244. The lowest BCUT2D eigenvalue weighted by Gasteiger charge is -2.22. The summed E-state index contributed by atoms with van der Waals surface area (Å²) in [5.74, 6) is 0. The van der Waals surface area contributed by atoms with Crippen LogP contribution in [0.15, 0.2) is 0 Å². The molecule has 0 atom stereocenters. The molecule has 0 spiro atoms. The molecule has 0 fully saturated rings. The molecule has 138 valence electrons. The minimum absolute atomic E-state index is 0.0894. The van der Waals surface area contributed by atoms with Crippen molar-refractivity contribution >= 4 is 6.09 Å². The predicted molar refractivity (Wildman–Crippen MR) is 100.0 cm³/mol. The molecular formula is C20H41NO2. The first kappa shape index (κ1) is 22.3. The molecule has 3 heteroatoms. The van der Waals surface area contributed by atoms with Gasteiger partial charge in [-0.2, -0.15) is 0 Å². The van der Waals surface area contributed by atoms with Crippen molar-refractivity contribution in [1.82, 2.24) is 4.90 Å². The van der Waals surface area contributed by atoms with Gasteiger partial charge in [0.15, 0.2) is 0 Å². The van der Waals surface area contributed by atoms with E-state index in [-0.39, 0.29) is 6.09 Å². The lowest BCUT2D eigenvalue weighted by atomic mass is 10.2. The first-order valence-corrected chi connectivity index (χ1v) is 10.2. The average Bonchev–Trinajstić information content (AvgIpc) is 2.56. The summed E-state index contributed by atoms with van der Waals surface area (Å²) in [6.45, 7) is 8.96. The highest BCUT2D eigenvalue weighted by atomic mass is 16.6. The highest BCUT2D eigenvalue weighted by Crippen LogP contribution is 2.08. The van der Waals surface area contributed by atoms with Crippen LogP contribution in [0.5, 0.6) is 0 Å². The maximum atomic E-state index is 12.3. The molecule has 0 saturated heterocycles. The number of nitrogens with zero attached hydrogens (tertiary/aromatic N) is 1. The standard InChI is InChI=1S/C20H41NO2/c1-4-7-10-13-16-19-23-20(22)21(17-14-11-8-5-2)18-15-12-9-6-3/h4-19H2,1-3H3. The smallest absolute Gasteiger partial charge is 0.409 e. The second-order valence-corrected chi connectivity index (χ2v) is 6.64. The monoisotopic (exact) mass is 327 g/mol. The SMILES string of the molecule is CCCCCCCOC(=O)N(CCCCCC)CCCCCC. The Balaban J connectivity index is 3.95. The number of hydrogen-bond acceptors (Lipinski definition) is 2. The second-order valence-electron chi connectivity index (χ2n) is 6.64. The summed E-state index contributed by atoms with van der Waals surface area (Å²) in [5.41, 5.74) is 0. The Morgan fingerprint density at radius 2 is 1.09 bits per heavy atom. The van der Waals surface area contributed by atoms with Gasteiger partial charge >= 0.3 is 6.09 Å². The molecule has 0 aromatic rings. The Labute approximate surface area is 145 Å². The lowest BCUT2D eigenvalue weighted by Crippen LogP contribution is -2.33. The van der Waals surface area contributed by atoms with Crippen LogP contribution in [-0.4, -0.2) is 30.7 Å². The zero-order valence-electron chi connectivity index (χ0n) is 16.1. The third kappa shape index (κ3) is 14.6. The number of hydrogen-bond donors (Lipinski definition) is 0. The van der Waals surface area contributed by atoms with E-state index in [1.165, 1.54) is 64.2 Å². The average molecular weight is 328 g/mol. The summed E-state index contributed by atoms with van der Waals surface area (Å²) < 4.78 is 5.49. The van der Waals surface area contributed by atoms with Gasteiger partial charge in [0, 0.05) is 13.1 Å². The highest BCUT2D eigenvalue weighted by Gasteiger charge is 2.13. The quantitative estimate of drug-likeness (QED) is 0.301. The van der Waals surface area contributed by atoms with E-state index in [2.05, 4.69) is 20.8 Å². The molecule has 0 N–H and O–H groups in total. The van der Waals surface area contributed by atoms with E-state index < -0.39 is 0 Å². The molecule has 0 aliphatic heterocycles. The van der Waals surface area contributed by atoms with Crippen LogP contribution in [0.4, 0.5) is 4.79 Å². The fourth-order valence-electron chi connectivity index (χ4n) is 2.71. The van der Waals surface area contributed by atoms with E-state index in [4.69, 9.17) is 4.74 Å². The summed E-state index contributed by atoms with van der Waals surface area (Å²) in [7, 11) is 0. The number of amides is 1. The first-order chi connectivity index (χ1) is 11.3. The fraction of sp³-hybridized carbons (Fsp3) is 0.950. The number of carbonyl (C=O) groups is 1. The highest BCUT2D eigenvalue weighted by molar-refractivity contribution is 5.67. The van der Waals surface area contributed by atoms with Crippen LogP contribution in [0, 0.1) is 0 Å². The van der Waals surface area contributed by atoms with Gasteiger partial charge in [-0.05, 0) is 19.3 Å². The Hall–Kier alpha value is -0.730. The van der Waals surface area contributed by atoms with Crippen LogP contribution in [0.25, 0.3) is 0 Å². The van der Waals surface area contributed by atoms with E-state index in [0.717, 1.165) is 32.4 Å². The molecule has 23 heavy (non-hydrogen) atoms. The van der Waals surface area contributed by atoms with Gasteiger partial charge < -0.3 is 9.64 Å². The van der Waals surface area contributed by atoms with Crippen molar-refractivity contribution < 1.29 is 9.53 Å². The molecule has 0 aromatic carbocycles. The summed E-state index contributed by atoms with van der Waals surface area (Å²) in [6, 6.07) is 0. The Kier molecular flexibility index (Phi) is 17.1. The molecule has 0 bridgehead atoms.